The minimum atomic E-state index is -4.34. The highest BCUT2D eigenvalue weighted by Crippen LogP contribution is 2.31. The molecule has 0 spiro atoms. The molecule has 0 saturated carbocycles. The van der Waals surface area contributed by atoms with Crippen LogP contribution in [-0.4, -0.2) is 14.8 Å². The fraction of sp³-hybridized carbons (Fsp3) is 0.333. The second kappa shape index (κ2) is 4.80. The lowest BCUT2D eigenvalue weighted by Crippen LogP contribution is -2.05. The van der Waals surface area contributed by atoms with E-state index in [0.717, 1.165) is 18.6 Å². The zero-order valence-corrected chi connectivity index (χ0v) is 9.78. The van der Waals surface area contributed by atoms with Gasteiger partial charge < -0.3 is 4.57 Å². The second-order valence-corrected chi connectivity index (χ2v) is 3.93. The van der Waals surface area contributed by atoms with E-state index in [0.29, 0.717) is 17.9 Å². The largest absolute Gasteiger partial charge is 0.416 e. The minimum Gasteiger partial charge on any atom is -0.314 e. The molecule has 0 N–H and O–H groups in total. The molecule has 96 valence electrons. The molecule has 6 heteroatoms. The van der Waals surface area contributed by atoms with Gasteiger partial charge in [-0.25, -0.2) is 0 Å². The number of alkyl halides is 3. The van der Waals surface area contributed by atoms with Gasteiger partial charge in [-0.1, -0.05) is 19.1 Å². The van der Waals surface area contributed by atoms with E-state index in [4.69, 9.17) is 0 Å². The number of rotatable bonds is 3. The highest BCUT2D eigenvalue weighted by Gasteiger charge is 2.30. The Labute approximate surface area is 102 Å². The maximum absolute atomic E-state index is 12.6. The molecule has 0 aliphatic heterocycles. The summed E-state index contributed by atoms with van der Waals surface area (Å²) in [4.78, 5) is 0. The highest BCUT2D eigenvalue weighted by atomic mass is 19.4. The molecule has 2 aromatic rings. The molecule has 0 fully saturated rings. The Morgan fingerprint density at radius 1 is 1.28 bits per heavy atom. The molecular weight excluding hydrogens is 243 g/mol. The smallest absolute Gasteiger partial charge is 0.314 e. The zero-order chi connectivity index (χ0) is 13.2. The third kappa shape index (κ3) is 2.52. The van der Waals surface area contributed by atoms with Crippen LogP contribution in [-0.2, 0) is 12.7 Å². The van der Waals surface area contributed by atoms with Crippen molar-refractivity contribution in [3.63, 3.8) is 0 Å². The van der Waals surface area contributed by atoms with Gasteiger partial charge in [-0.15, -0.1) is 10.2 Å². The number of hydrogen-bond donors (Lipinski definition) is 0. The summed E-state index contributed by atoms with van der Waals surface area (Å²) in [6, 6.07) is 5.12. The monoisotopic (exact) mass is 255 g/mol. The van der Waals surface area contributed by atoms with Gasteiger partial charge in [0.1, 0.15) is 6.33 Å². The maximum Gasteiger partial charge on any atom is 0.416 e. The maximum atomic E-state index is 12.6. The number of benzene rings is 1. The summed E-state index contributed by atoms with van der Waals surface area (Å²) in [6.07, 6.45) is -1.95. The van der Waals surface area contributed by atoms with Crippen molar-refractivity contribution in [2.24, 2.45) is 0 Å². The standard InChI is InChI=1S/C12H12F3N3/c1-2-6-18-8-16-17-11(18)9-4-3-5-10(7-9)12(13,14)15/h3-5,7-8H,2,6H2,1H3. The predicted molar refractivity (Wildman–Crippen MR) is 60.8 cm³/mol. The summed E-state index contributed by atoms with van der Waals surface area (Å²) in [7, 11) is 0. The molecule has 1 aromatic heterocycles. The van der Waals surface area contributed by atoms with Crippen LogP contribution >= 0.6 is 0 Å². The van der Waals surface area contributed by atoms with Crippen molar-refractivity contribution in [2.75, 3.05) is 0 Å². The Balaban J connectivity index is 2.42. The summed E-state index contributed by atoms with van der Waals surface area (Å²) in [5.41, 5.74) is -0.248. The van der Waals surface area contributed by atoms with E-state index in [9.17, 15) is 13.2 Å². The molecule has 2 rings (SSSR count). The van der Waals surface area contributed by atoms with Gasteiger partial charge >= 0.3 is 6.18 Å². The average Bonchev–Trinajstić information content (AvgIpc) is 2.77. The van der Waals surface area contributed by atoms with E-state index in [1.165, 1.54) is 12.4 Å². The molecule has 0 saturated heterocycles. The molecule has 0 unspecified atom stereocenters. The van der Waals surface area contributed by atoms with Crippen molar-refractivity contribution in [3.8, 4) is 11.4 Å². The number of hydrogen-bond acceptors (Lipinski definition) is 2. The Morgan fingerprint density at radius 3 is 2.72 bits per heavy atom. The van der Waals surface area contributed by atoms with Gasteiger partial charge in [-0.2, -0.15) is 13.2 Å². The van der Waals surface area contributed by atoms with Crippen molar-refractivity contribution in [3.05, 3.63) is 36.2 Å². The first kappa shape index (κ1) is 12.6. The van der Waals surface area contributed by atoms with Gasteiger partial charge in [0.2, 0.25) is 0 Å². The molecule has 0 bridgehead atoms. The van der Waals surface area contributed by atoms with Crippen LogP contribution in [0.3, 0.4) is 0 Å². The predicted octanol–water partition coefficient (Wildman–Crippen LogP) is 3.37. The molecule has 0 aliphatic rings. The lowest BCUT2D eigenvalue weighted by atomic mass is 10.1. The molecule has 3 nitrogen and oxygen atoms in total. The van der Waals surface area contributed by atoms with Gasteiger partial charge in [-0.05, 0) is 18.6 Å². The van der Waals surface area contributed by atoms with Crippen molar-refractivity contribution < 1.29 is 13.2 Å². The van der Waals surface area contributed by atoms with Crippen LogP contribution in [0.5, 0.6) is 0 Å². The zero-order valence-electron chi connectivity index (χ0n) is 9.78. The van der Waals surface area contributed by atoms with E-state index >= 15 is 0 Å². The van der Waals surface area contributed by atoms with Gasteiger partial charge in [0.25, 0.3) is 0 Å². The molecular formula is C12H12F3N3. The van der Waals surface area contributed by atoms with Gasteiger partial charge in [0, 0.05) is 12.1 Å². The van der Waals surface area contributed by atoms with Gasteiger partial charge in [0.05, 0.1) is 5.56 Å². The van der Waals surface area contributed by atoms with E-state index in [1.807, 2.05) is 6.92 Å². The minimum absolute atomic E-state index is 0.427. The Kier molecular flexibility index (Phi) is 3.36. The summed E-state index contributed by atoms with van der Waals surface area (Å²) < 4.78 is 39.6. The van der Waals surface area contributed by atoms with E-state index in [2.05, 4.69) is 10.2 Å². The topological polar surface area (TPSA) is 30.7 Å². The van der Waals surface area contributed by atoms with Crippen molar-refractivity contribution in [2.45, 2.75) is 26.1 Å². The SMILES string of the molecule is CCCn1cnnc1-c1cccc(C(F)(F)F)c1. The molecule has 18 heavy (non-hydrogen) atoms. The van der Waals surface area contributed by atoms with E-state index in [-0.39, 0.29) is 0 Å². The molecule has 0 aliphatic carbocycles. The third-order valence-electron chi connectivity index (χ3n) is 2.53. The van der Waals surface area contributed by atoms with Crippen molar-refractivity contribution >= 4 is 0 Å². The Morgan fingerprint density at radius 2 is 2.06 bits per heavy atom. The first-order valence-corrected chi connectivity index (χ1v) is 5.58. The van der Waals surface area contributed by atoms with Gasteiger partial charge in [-0.3, -0.25) is 0 Å². The van der Waals surface area contributed by atoms with Crippen LogP contribution in [0.1, 0.15) is 18.9 Å². The quantitative estimate of drug-likeness (QED) is 0.841. The summed E-state index contributed by atoms with van der Waals surface area (Å²) >= 11 is 0. The van der Waals surface area contributed by atoms with Crippen LogP contribution in [0.15, 0.2) is 30.6 Å². The highest BCUT2D eigenvalue weighted by molar-refractivity contribution is 5.56. The first-order valence-electron chi connectivity index (χ1n) is 5.58. The van der Waals surface area contributed by atoms with E-state index < -0.39 is 11.7 Å². The number of aryl methyl sites for hydroxylation is 1. The van der Waals surface area contributed by atoms with Crippen LogP contribution in [0.25, 0.3) is 11.4 Å². The summed E-state index contributed by atoms with van der Waals surface area (Å²) in [6.45, 7) is 2.66. The second-order valence-electron chi connectivity index (χ2n) is 3.93. The normalized spacial score (nSPS) is 11.8. The van der Waals surface area contributed by atoms with Crippen LogP contribution in [0.4, 0.5) is 13.2 Å². The van der Waals surface area contributed by atoms with E-state index in [1.54, 1.807) is 10.6 Å². The van der Waals surface area contributed by atoms with Crippen LogP contribution < -0.4 is 0 Å². The van der Waals surface area contributed by atoms with Crippen LogP contribution in [0.2, 0.25) is 0 Å². The average molecular weight is 255 g/mol. The number of aromatic nitrogens is 3. The van der Waals surface area contributed by atoms with Crippen molar-refractivity contribution in [1.82, 2.24) is 14.8 Å². The van der Waals surface area contributed by atoms with Gasteiger partial charge in [0.15, 0.2) is 5.82 Å². The lowest BCUT2D eigenvalue weighted by Gasteiger charge is -2.09. The molecule has 0 amide bonds. The van der Waals surface area contributed by atoms with Crippen LogP contribution in [0, 0.1) is 0 Å². The third-order valence-corrected chi connectivity index (χ3v) is 2.53. The molecule has 1 aromatic carbocycles. The lowest BCUT2D eigenvalue weighted by molar-refractivity contribution is -0.137. The number of nitrogens with zero attached hydrogens (tertiary/aromatic N) is 3. The fourth-order valence-corrected chi connectivity index (χ4v) is 1.72. The molecule has 0 radical (unpaired) electrons. The fourth-order valence-electron chi connectivity index (χ4n) is 1.72. The summed E-state index contributed by atoms with van der Waals surface area (Å²) in [5, 5.41) is 7.61. The van der Waals surface area contributed by atoms with Crippen molar-refractivity contribution in [1.29, 1.82) is 0 Å². The molecule has 1 heterocycles. The summed E-state index contributed by atoms with van der Waals surface area (Å²) in [5.74, 6) is 0.461. The Bertz CT molecular complexity index is 531. The molecule has 0 atom stereocenters. The first-order chi connectivity index (χ1) is 8.52. The number of halogens is 3. The Hall–Kier alpha value is -1.85.